The third-order valence-corrected chi connectivity index (χ3v) is 8.40. The molecule has 3 aromatic heterocycles. The average molecular weight is 635 g/mol. The second kappa shape index (κ2) is 12.7. The molecule has 4 aliphatic rings. The lowest BCUT2D eigenvalue weighted by molar-refractivity contribution is -0.137. The number of rotatable bonds is 3. The first-order valence-corrected chi connectivity index (χ1v) is 15.1. The number of anilines is 4. The van der Waals surface area contributed by atoms with Crippen LogP contribution in [-0.4, -0.2) is 50.9 Å². The van der Waals surface area contributed by atoms with Gasteiger partial charge in [0.25, 0.3) is 5.91 Å². The third-order valence-electron chi connectivity index (χ3n) is 6.42. The number of pyridine rings is 1. The summed E-state index contributed by atoms with van der Waals surface area (Å²) in [5, 5.41) is 11.8. The SMILES string of the molecule is CCO[P@@]1(=O)Cc2ccc(c(F)c2)Nc2ncc(C(F)(F)F)c(n2)Nc2ccc(nc2C(=O)NC)-c2cnn(c2)CCCO1. The van der Waals surface area contributed by atoms with Crippen LogP contribution < -0.4 is 16.0 Å². The van der Waals surface area contributed by atoms with Crippen LogP contribution in [0.3, 0.4) is 0 Å². The van der Waals surface area contributed by atoms with Gasteiger partial charge in [-0.25, -0.2) is 14.4 Å². The van der Waals surface area contributed by atoms with Gasteiger partial charge in [0, 0.05) is 31.5 Å². The molecule has 3 N–H and O–H groups in total. The topological polar surface area (TPSA) is 145 Å². The molecule has 44 heavy (non-hydrogen) atoms. The molecule has 17 heteroatoms. The summed E-state index contributed by atoms with van der Waals surface area (Å²) in [5.74, 6) is -2.54. The van der Waals surface area contributed by atoms with Crippen LogP contribution >= 0.6 is 7.60 Å². The molecular weight excluding hydrogens is 607 g/mol. The van der Waals surface area contributed by atoms with Crippen LogP contribution in [0, 0.1) is 5.82 Å². The summed E-state index contributed by atoms with van der Waals surface area (Å²) in [6, 6.07) is 6.80. The molecule has 0 radical (unpaired) electrons. The number of hydrogen-bond donors (Lipinski definition) is 3. The molecule has 0 saturated heterocycles. The van der Waals surface area contributed by atoms with Gasteiger partial charge in [-0.15, -0.1) is 0 Å². The van der Waals surface area contributed by atoms with Crippen LogP contribution in [-0.2, 0) is 32.5 Å². The van der Waals surface area contributed by atoms with Crippen molar-refractivity contribution in [3.8, 4) is 11.3 Å². The Bertz CT molecular complexity index is 1730. The molecule has 8 rings (SSSR count). The summed E-state index contributed by atoms with van der Waals surface area (Å²) in [7, 11) is -2.30. The molecule has 4 aliphatic heterocycles. The van der Waals surface area contributed by atoms with Gasteiger partial charge in [0.2, 0.25) is 5.95 Å². The first-order valence-electron chi connectivity index (χ1n) is 13.4. The van der Waals surface area contributed by atoms with E-state index in [-0.39, 0.29) is 42.4 Å². The first kappa shape index (κ1) is 31.0. The Morgan fingerprint density at radius 2 is 1.95 bits per heavy atom. The van der Waals surface area contributed by atoms with Gasteiger partial charge in [0.1, 0.15) is 17.2 Å². The Balaban J connectivity index is 1.61. The van der Waals surface area contributed by atoms with Crippen LogP contribution in [0.1, 0.15) is 35.0 Å². The van der Waals surface area contributed by atoms with E-state index in [1.807, 2.05) is 0 Å². The third kappa shape index (κ3) is 7.04. The number of carbonyl (C=O) groups is 1. The van der Waals surface area contributed by atoms with E-state index in [9.17, 15) is 22.5 Å². The average Bonchev–Trinajstić information content (AvgIpc) is 3.45. The van der Waals surface area contributed by atoms with Crippen molar-refractivity contribution in [3.63, 3.8) is 0 Å². The maximum Gasteiger partial charge on any atom is 0.421 e. The van der Waals surface area contributed by atoms with Crippen LogP contribution in [0.5, 0.6) is 0 Å². The summed E-state index contributed by atoms with van der Waals surface area (Å²) in [6.07, 6.45) is -0.936. The number of nitrogens with zero attached hydrogens (tertiary/aromatic N) is 5. The second-order valence-electron chi connectivity index (χ2n) is 9.56. The standard InChI is InChI=1S/C27H27F4N8O4P/c1-3-42-44(41)15-16-5-6-21(19(28)11-16)37-26-33-13-18(27(29,30)31)24(38-26)36-22-8-7-20(35-23(22)25(40)32-2)17-12-34-39(14-17)9-4-10-43-44/h5-8,11-14H,3-4,9-10,15H2,1-2H3,(H,32,40)(H2,33,36,37,38)/t44-/m0/s1. The van der Waals surface area contributed by atoms with E-state index in [0.29, 0.717) is 36.0 Å². The highest BCUT2D eigenvalue weighted by atomic mass is 31.2. The van der Waals surface area contributed by atoms with Gasteiger partial charge >= 0.3 is 13.8 Å². The molecular formula is C27H27F4N8O4P. The Labute approximate surface area is 248 Å². The Morgan fingerprint density at radius 1 is 1.16 bits per heavy atom. The lowest BCUT2D eigenvalue weighted by Gasteiger charge is -2.19. The van der Waals surface area contributed by atoms with Crippen molar-refractivity contribution in [1.29, 1.82) is 0 Å². The lowest BCUT2D eigenvalue weighted by atomic mass is 10.1. The summed E-state index contributed by atoms with van der Waals surface area (Å²) in [5.41, 5.74) is -0.459. The number of benzene rings is 1. The Kier molecular flexibility index (Phi) is 8.95. The van der Waals surface area contributed by atoms with Gasteiger partial charge in [0.15, 0.2) is 5.69 Å². The van der Waals surface area contributed by atoms with Gasteiger partial charge in [-0.3, -0.25) is 14.0 Å². The van der Waals surface area contributed by atoms with Gasteiger partial charge in [-0.05, 0) is 43.2 Å². The number of amides is 1. The van der Waals surface area contributed by atoms with Gasteiger partial charge in [-0.2, -0.15) is 23.3 Å². The largest absolute Gasteiger partial charge is 0.421 e. The summed E-state index contributed by atoms with van der Waals surface area (Å²) >= 11 is 0. The summed E-state index contributed by atoms with van der Waals surface area (Å²) in [6.45, 7) is 2.21. The number of carbonyl (C=O) groups excluding carboxylic acids is 1. The molecule has 0 aliphatic carbocycles. The number of aryl methyl sites for hydroxylation is 1. The maximum atomic E-state index is 15.1. The van der Waals surface area contributed by atoms with E-state index in [2.05, 4.69) is 36.0 Å². The van der Waals surface area contributed by atoms with E-state index in [0.717, 1.165) is 6.07 Å². The molecule has 7 heterocycles. The highest BCUT2D eigenvalue weighted by molar-refractivity contribution is 7.53. The van der Waals surface area contributed by atoms with Gasteiger partial charge < -0.3 is 25.0 Å². The fraction of sp³-hybridized carbons (Fsp3) is 0.296. The molecule has 0 spiro atoms. The van der Waals surface area contributed by atoms with Crippen molar-refractivity contribution in [3.05, 3.63) is 71.6 Å². The molecule has 4 aromatic rings. The van der Waals surface area contributed by atoms with E-state index < -0.39 is 36.9 Å². The van der Waals surface area contributed by atoms with Crippen molar-refractivity contribution in [2.45, 2.75) is 32.2 Å². The minimum atomic E-state index is -4.87. The van der Waals surface area contributed by atoms with Crippen LogP contribution in [0.15, 0.2) is 48.9 Å². The highest BCUT2D eigenvalue weighted by Crippen LogP contribution is 2.51. The number of hydrogen-bond acceptors (Lipinski definition) is 10. The molecule has 1 atom stereocenters. The molecule has 1 amide bonds. The van der Waals surface area contributed by atoms with Crippen molar-refractivity contribution >= 4 is 36.6 Å². The Morgan fingerprint density at radius 3 is 2.68 bits per heavy atom. The minimum absolute atomic E-state index is 0.0656. The van der Waals surface area contributed by atoms with Gasteiger partial charge in [-0.1, -0.05) is 6.07 Å². The first-order chi connectivity index (χ1) is 21.0. The van der Waals surface area contributed by atoms with E-state index in [1.165, 1.54) is 37.5 Å². The van der Waals surface area contributed by atoms with Crippen LogP contribution in [0.4, 0.5) is 40.7 Å². The zero-order chi connectivity index (χ0) is 31.5. The van der Waals surface area contributed by atoms with E-state index in [1.54, 1.807) is 17.8 Å². The quantitative estimate of drug-likeness (QED) is 0.184. The molecule has 0 saturated carbocycles. The summed E-state index contributed by atoms with van der Waals surface area (Å²) < 4.78 is 83.0. The molecule has 12 nitrogen and oxygen atoms in total. The van der Waals surface area contributed by atoms with Crippen LogP contribution in [0.2, 0.25) is 0 Å². The number of aromatic nitrogens is 5. The maximum absolute atomic E-state index is 15.1. The predicted molar refractivity (Wildman–Crippen MR) is 152 cm³/mol. The van der Waals surface area contributed by atoms with E-state index >= 15 is 4.39 Å². The number of halogens is 4. The lowest BCUT2D eigenvalue weighted by Crippen LogP contribution is -2.21. The molecule has 8 bridgehead atoms. The molecule has 0 fully saturated rings. The second-order valence-corrected chi connectivity index (χ2v) is 11.6. The van der Waals surface area contributed by atoms with Crippen LogP contribution in [0.25, 0.3) is 11.3 Å². The fourth-order valence-electron chi connectivity index (χ4n) is 4.36. The van der Waals surface area contributed by atoms with Gasteiger partial charge in [0.05, 0.1) is 42.6 Å². The minimum Gasteiger partial charge on any atom is -0.354 e. The predicted octanol–water partition coefficient (Wildman–Crippen LogP) is 5.89. The van der Waals surface area contributed by atoms with E-state index in [4.69, 9.17) is 9.05 Å². The van der Waals surface area contributed by atoms with Crippen molar-refractivity contribution in [2.75, 3.05) is 30.9 Å². The number of alkyl halides is 3. The smallest absolute Gasteiger partial charge is 0.354 e. The molecule has 1 aromatic carbocycles. The Hall–Kier alpha value is -4.40. The highest BCUT2D eigenvalue weighted by Gasteiger charge is 2.36. The number of nitrogens with one attached hydrogen (secondary N) is 3. The zero-order valence-corrected chi connectivity index (χ0v) is 24.4. The summed E-state index contributed by atoms with van der Waals surface area (Å²) in [4.78, 5) is 24.8. The molecule has 0 unspecified atom stereocenters. The van der Waals surface area contributed by atoms with Crippen molar-refractivity contribution in [1.82, 2.24) is 30.0 Å². The normalized spacial score (nSPS) is 17.2. The van der Waals surface area contributed by atoms with Crippen molar-refractivity contribution < 1.29 is 36.0 Å². The zero-order valence-electron chi connectivity index (χ0n) is 23.5. The molecule has 232 valence electrons. The van der Waals surface area contributed by atoms with Crippen molar-refractivity contribution in [2.24, 2.45) is 0 Å². The monoisotopic (exact) mass is 634 g/mol. The fourth-order valence-corrected chi connectivity index (χ4v) is 6.06.